The van der Waals surface area contributed by atoms with E-state index in [-0.39, 0.29) is 75.3 Å². The summed E-state index contributed by atoms with van der Waals surface area (Å²) in [5.74, 6) is 0. The third kappa shape index (κ3) is 8.70. The van der Waals surface area contributed by atoms with Crippen molar-refractivity contribution < 1.29 is 74.2 Å². The van der Waals surface area contributed by atoms with Gasteiger partial charge in [0, 0.05) is 19.5 Å². The molecule has 2 nitrogen and oxygen atoms in total. The van der Waals surface area contributed by atoms with E-state index in [1.165, 1.54) is 0 Å². The molecule has 1 saturated heterocycles. The molecule has 1 atom stereocenters. The molecule has 1 fully saturated rings. The van der Waals surface area contributed by atoms with Gasteiger partial charge in [-0.1, -0.05) is 0 Å². The van der Waals surface area contributed by atoms with Gasteiger partial charge in [-0.2, -0.15) is 0 Å². The molecule has 0 aromatic heterocycles. The van der Waals surface area contributed by atoms with E-state index < -0.39 is 7.27 Å². The van der Waals surface area contributed by atoms with Crippen LogP contribution in [0.15, 0.2) is 0 Å². The third-order valence-electron chi connectivity index (χ3n) is 1.78. The van der Waals surface area contributed by atoms with Crippen molar-refractivity contribution in [1.82, 2.24) is 0 Å². The zero-order chi connectivity index (χ0) is 8.81. The minimum atomic E-state index is -2.27. The van der Waals surface area contributed by atoms with E-state index in [0.717, 1.165) is 19.3 Å². The van der Waals surface area contributed by atoms with Crippen molar-refractivity contribution >= 4 is 7.27 Å². The Hall–Kier alpha value is 1.41. The number of halogens is 3. The summed E-state index contributed by atoms with van der Waals surface area (Å²) in [7, 11) is -2.27. The Morgan fingerprint density at radius 3 is 2.57 bits per heavy atom. The van der Waals surface area contributed by atoms with Gasteiger partial charge in [0.2, 0.25) is 0 Å². The number of hydrogen-bond acceptors (Lipinski definition) is 2. The summed E-state index contributed by atoms with van der Waals surface area (Å²) in [5.41, 5.74) is 0. The first-order valence-electron chi connectivity index (χ1n) is 4.30. The molecule has 14 heavy (non-hydrogen) atoms. The van der Waals surface area contributed by atoms with Gasteiger partial charge in [0.1, 0.15) is 0 Å². The number of rotatable bonds is 4. The SMILES string of the molecule is FB(F)CCOC1CCCCO1.[F-].[K+]. The minimum absolute atomic E-state index is 0. The van der Waals surface area contributed by atoms with Crippen LogP contribution in [0.5, 0.6) is 0 Å². The summed E-state index contributed by atoms with van der Waals surface area (Å²) < 4.78 is 33.6. The summed E-state index contributed by atoms with van der Waals surface area (Å²) in [4.78, 5) is 0. The molecule has 1 aliphatic heterocycles. The molecule has 1 rings (SSSR count). The van der Waals surface area contributed by atoms with E-state index in [2.05, 4.69) is 0 Å². The fourth-order valence-electron chi connectivity index (χ4n) is 1.13. The van der Waals surface area contributed by atoms with E-state index in [4.69, 9.17) is 9.47 Å². The molecule has 0 spiro atoms. The van der Waals surface area contributed by atoms with E-state index >= 15 is 0 Å². The zero-order valence-electron chi connectivity index (χ0n) is 8.35. The second-order valence-electron chi connectivity index (χ2n) is 2.85. The number of hydrogen-bond donors (Lipinski definition) is 0. The van der Waals surface area contributed by atoms with Gasteiger partial charge >= 0.3 is 58.7 Å². The van der Waals surface area contributed by atoms with Crippen LogP contribution in [0.3, 0.4) is 0 Å². The molecule has 78 valence electrons. The molecule has 0 bridgehead atoms. The molecule has 0 radical (unpaired) electrons. The molecular weight excluding hydrogens is 223 g/mol. The molecule has 0 amide bonds. The first kappa shape index (κ1) is 17.8. The molecular formula is C7H13BF3KO2. The van der Waals surface area contributed by atoms with Crippen LogP contribution in [0.2, 0.25) is 6.32 Å². The summed E-state index contributed by atoms with van der Waals surface area (Å²) >= 11 is 0. The minimum Gasteiger partial charge on any atom is -1.00 e. The average Bonchev–Trinajstić information content (AvgIpc) is 2.05. The molecule has 0 N–H and O–H groups in total. The first-order valence-corrected chi connectivity index (χ1v) is 4.30. The van der Waals surface area contributed by atoms with Crippen molar-refractivity contribution in [3.8, 4) is 0 Å². The van der Waals surface area contributed by atoms with Gasteiger partial charge < -0.3 is 14.2 Å². The van der Waals surface area contributed by atoms with Gasteiger partial charge in [-0.25, -0.2) is 0 Å². The van der Waals surface area contributed by atoms with Crippen LogP contribution in [0.1, 0.15) is 19.3 Å². The number of ether oxygens (including phenoxy) is 2. The molecule has 0 aromatic rings. The monoisotopic (exact) mass is 236 g/mol. The van der Waals surface area contributed by atoms with Gasteiger partial charge in [0.05, 0.1) is 0 Å². The Labute approximate surface area is 125 Å². The molecule has 0 saturated carbocycles. The first-order chi connectivity index (χ1) is 5.79. The largest absolute Gasteiger partial charge is 1.00 e. The molecule has 7 heteroatoms. The molecule has 1 heterocycles. The fourth-order valence-corrected chi connectivity index (χ4v) is 1.13. The standard InChI is InChI=1S/C7H13BF2O2.FH.K/c9-8(10)4-6-12-7-3-1-2-5-11-7;;/h7H,1-6H2;1H;/q;;+1/p-1. The maximum absolute atomic E-state index is 11.7. The van der Waals surface area contributed by atoms with E-state index in [0.29, 0.717) is 6.61 Å². The molecule has 1 unspecified atom stereocenters. The predicted molar refractivity (Wildman–Crippen MR) is 42.3 cm³/mol. The summed E-state index contributed by atoms with van der Waals surface area (Å²) in [5, 5.41) is 0. The van der Waals surface area contributed by atoms with Crippen LogP contribution < -0.4 is 56.1 Å². The summed E-state index contributed by atoms with van der Waals surface area (Å²) in [6.45, 7) is 0.793. The second kappa shape index (κ2) is 10.9. The van der Waals surface area contributed by atoms with Crippen molar-refractivity contribution in [1.29, 1.82) is 0 Å². The topological polar surface area (TPSA) is 18.5 Å². The molecule has 0 aromatic carbocycles. The van der Waals surface area contributed by atoms with Crippen molar-refractivity contribution in [2.24, 2.45) is 0 Å². The van der Waals surface area contributed by atoms with Gasteiger partial charge in [-0.15, -0.1) is 0 Å². The Morgan fingerprint density at radius 1 is 1.36 bits per heavy atom. The van der Waals surface area contributed by atoms with Crippen LogP contribution >= 0.6 is 0 Å². The normalized spacial score (nSPS) is 20.6. The van der Waals surface area contributed by atoms with Crippen molar-refractivity contribution in [2.45, 2.75) is 31.9 Å². The van der Waals surface area contributed by atoms with Crippen LogP contribution in [0.4, 0.5) is 8.63 Å². The smallest absolute Gasteiger partial charge is 1.00 e. The van der Waals surface area contributed by atoms with Gasteiger partial charge in [-0.3, -0.25) is 8.63 Å². The Bertz CT molecular complexity index is 126. The second-order valence-corrected chi connectivity index (χ2v) is 2.85. The molecule has 0 aliphatic carbocycles. The van der Waals surface area contributed by atoms with Gasteiger partial charge in [0.15, 0.2) is 6.29 Å². The van der Waals surface area contributed by atoms with E-state index in [9.17, 15) is 8.63 Å². The fraction of sp³-hybridized carbons (Fsp3) is 1.00. The quantitative estimate of drug-likeness (QED) is 0.463. The predicted octanol–water partition coefficient (Wildman–Crippen LogP) is -4.04. The van der Waals surface area contributed by atoms with Crippen LogP contribution in [0, 0.1) is 0 Å². The van der Waals surface area contributed by atoms with E-state index in [1.54, 1.807) is 0 Å². The van der Waals surface area contributed by atoms with Crippen molar-refractivity contribution in [3.05, 3.63) is 0 Å². The van der Waals surface area contributed by atoms with Crippen LogP contribution in [-0.2, 0) is 9.47 Å². The third-order valence-corrected chi connectivity index (χ3v) is 1.78. The van der Waals surface area contributed by atoms with Crippen molar-refractivity contribution in [3.63, 3.8) is 0 Å². The van der Waals surface area contributed by atoms with E-state index in [1.807, 2.05) is 0 Å². The average molecular weight is 236 g/mol. The Morgan fingerprint density at radius 2 is 2.07 bits per heavy atom. The Balaban J connectivity index is 0. The maximum atomic E-state index is 11.7. The molecule has 1 aliphatic rings. The summed E-state index contributed by atoms with van der Waals surface area (Å²) in [6.07, 6.45) is 2.52. The van der Waals surface area contributed by atoms with Crippen LogP contribution in [-0.4, -0.2) is 26.8 Å². The summed E-state index contributed by atoms with van der Waals surface area (Å²) in [6, 6.07) is 0. The van der Waals surface area contributed by atoms with Gasteiger partial charge in [-0.05, 0) is 19.3 Å². The maximum Gasteiger partial charge on any atom is 1.00 e. The van der Waals surface area contributed by atoms with Crippen LogP contribution in [0.25, 0.3) is 0 Å². The van der Waals surface area contributed by atoms with Crippen molar-refractivity contribution in [2.75, 3.05) is 13.2 Å². The van der Waals surface area contributed by atoms with Gasteiger partial charge in [0.25, 0.3) is 0 Å². The Kier molecular flexibility index (Phi) is 13.9. The zero-order valence-corrected chi connectivity index (χ0v) is 11.5.